The maximum absolute atomic E-state index is 13.4. The van der Waals surface area contributed by atoms with Crippen LogP contribution in [-0.2, 0) is 5.38 Å². The van der Waals surface area contributed by atoms with E-state index in [1.165, 1.54) is 0 Å². The monoisotopic (exact) mass is 405 g/mol. The summed E-state index contributed by atoms with van der Waals surface area (Å²) >= 11 is 4.57. The first kappa shape index (κ1) is 21.1. The molecule has 1 heterocycles. The molecule has 0 radical (unpaired) electrons. The summed E-state index contributed by atoms with van der Waals surface area (Å²) in [6.07, 6.45) is -9.11. The fraction of sp³-hybridized carbons (Fsp3) is 0.500. The molecule has 0 aliphatic heterocycles. The van der Waals surface area contributed by atoms with Crippen LogP contribution >= 0.6 is 11.6 Å². The van der Waals surface area contributed by atoms with Gasteiger partial charge in [0.25, 0.3) is 0 Å². The summed E-state index contributed by atoms with van der Waals surface area (Å²) in [5.74, 6) is -13.6. The van der Waals surface area contributed by atoms with Gasteiger partial charge in [-0.2, -0.15) is 26.3 Å². The molecule has 5 nitrogen and oxygen atoms in total. The van der Waals surface area contributed by atoms with E-state index in [0.29, 0.717) is 0 Å². The maximum atomic E-state index is 13.4. The van der Waals surface area contributed by atoms with Crippen LogP contribution in [0.1, 0.15) is 5.56 Å². The summed E-state index contributed by atoms with van der Waals surface area (Å²) in [5.41, 5.74) is -2.82. The lowest BCUT2D eigenvalue weighted by Crippen LogP contribution is -2.54. The number of nitrogens with one attached hydrogen (secondary N) is 1. The summed E-state index contributed by atoms with van der Waals surface area (Å²) in [7, 11) is 0. The largest absolute Gasteiger partial charge is 0.374 e. The lowest BCUT2D eigenvalue weighted by atomic mass is 10.1. The maximum Gasteiger partial charge on any atom is 0.374 e. The Morgan fingerprint density at radius 2 is 1.64 bits per heavy atom. The molecule has 0 spiro atoms. The van der Waals surface area contributed by atoms with Gasteiger partial charge >= 0.3 is 29.3 Å². The van der Waals surface area contributed by atoms with Gasteiger partial charge in [-0.1, -0.05) is 0 Å². The zero-order valence-electron chi connectivity index (χ0n) is 11.3. The second kappa shape index (κ2) is 6.72. The minimum absolute atomic E-state index is 0.0124. The summed E-state index contributed by atoms with van der Waals surface area (Å²) in [6, 6.07) is 0.0124. The Morgan fingerprint density at radius 3 is 2.04 bits per heavy atom. The molecule has 0 saturated carbocycles. The van der Waals surface area contributed by atoms with Crippen molar-refractivity contribution in [3.8, 4) is 0 Å². The second-order valence-corrected chi connectivity index (χ2v) is 4.87. The van der Waals surface area contributed by atoms with E-state index in [4.69, 9.17) is 0 Å². The van der Waals surface area contributed by atoms with Crippen LogP contribution in [0.25, 0.3) is 0 Å². The fourth-order valence-corrected chi connectivity index (χ4v) is 1.49. The lowest BCUT2D eigenvalue weighted by molar-refractivity contribution is -0.384. The van der Waals surface area contributed by atoms with Crippen molar-refractivity contribution in [1.82, 2.24) is 4.98 Å². The van der Waals surface area contributed by atoms with Crippen molar-refractivity contribution in [2.24, 2.45) is 0 Å². The third kappa shape index (κ3) is 4.16. The molecule has 1 aromatic rings. The number of nitrogens with zero attached hydrogens (tertiary/aromatic N) is 2. The second-order valence-electron chi connectivity index (χ2n) is 4.40. The van der Waals surface area contributed by atoms with E-state index in [9.17, 15) is 49.6 Å². The first-order chi connectivity index (χ1) is 11.1. The molecule has 142 valence electrons. The van der Waals surface area contributed by atoms with Crippen molar-refractivity contribution in [1.29, 1.82) is 0 Å². The van der Waals surface area contributed by atoms with E-state index in [2.05, 4.69) is 16.6 Å². The van der Waals surface area contributed by atoms with Crippen LogP contribution in [0.15, 0.2) is 12.3 Å². The molecular weight excluding hydrogens is 401 g/mol. The van der Waals surface area contributed by atoms with Crippen LogP contribution in [0.4, 0.5) is 51.0 Å². The van der Waals surface area contributed by atoms with Gasteiger partial charge in [0.1, 0.15) is 0 Å². The minimum atomic E-state index is -6.13. The number of rotatable bonds is 7. The molecule has 1 aromatic heterocycles. The van der Waals surface area contributed by atoms with Crippen LogP contribution < -0.4 is 5.32 Å². The van der Waals surface area contributed by atoms with Gasteiger partial charge in [-0.05, 0) is 11.6 Å². The molecule has 0 bridgehead atoms. The third-order valence-electron chi connectivity index (χ3n) is 2.69. The van der Waals surface area contributed by atoms with Crippen LogP contribution in [-0.4, -0.2) is 34.5 Å². The highest BCUT2D eigenvalue weighted by Crippen LogP contribution is 2.43. The Balaban J connectivity index is 3.24. The predicted octanol–water partition coefficient (Wildman–Crippen LogP) is 4.52. The van der Waals surface area contributed by atoms with Gasteiger partial charge in [0, 0.05) is 12.3 Å². The van der Waals surface area contributed by atoms with E-state index in [0.717, 1.165) is 5.32 Å². The number of halogens is 10. The number of anilines is 1. The van der Waals surface area contributed by atoms with E-state index in [-0.39, 0.29) is 12.3 Å². The van der Waals surface area contributed by atoms with Gasteiger partial charge in [-0.3, -0.25) is 10.1 Å². The minimum Gasteiger partial charge on any atom is -0.330 e. The van der Waals surface area contributed by atoms with Crippen molar-refractivity contribution in [2.75, 3.05) is 5.32 Å². The Morgan fingerprint density at radius 1 is 1.12 bits per heavy atom. The third-order valence-corrected chi connectivity index (χ3v) is 2.91. The average Bonchev–Trinajstić information content (AvgIpc) is 2.45. The molecule has 0 fully saturated rings. The highest BCUT2D eigenvalue weighted by Gasteiger charge is 2.67. The Kier molecular flexibility index (Phi) is 5.66. The smallest absolute Gasteiger partial charge is 0.330 e. The van der Waals surface area contributed by atoms with Gasteiger partial charge in [0.2, 0.25) is 12.1 Å². The van der Waals surface area contributed by atoms with Gasteiger partial charge in [0.05, 0.1) is 10.5 Å². The first-order valence-corrected chi connectivity index (χ1v) is 6.16. The predicted molar refractivity (Wildman–Crippen MR) is 65.1 cm³/mol. The summed E-state index contributed by atoms with van der Waals surface area (Å²) in [6.45, 7) is 0. The van der Waals surface area contributed by atoms with Crippen LogP contribution in [0, 0.1) is 10.1 Å². The first-order valence-electron chi connectivity index (χ1n) is 5.78. The summed E-state index contributed by atoms with van der Waals surface area (Å²) in [5, 5.41) is 7.33. The van der Waals surface area contributed by atoms with Gasteiger partial charge < -0.3 is 5.32 Å². The van der Waals surface area contributed by atoms with Crippen molar-refractivity contribution in [2.45, 2.75) is 29.9 Å². The quantitative estimate of drug-likeness (QED) is 0.238. The standard InChI is InChI=1S/C10H5ClF9N3O2/c11-10(19,20)3-1-4(23(24)25)5(21-2-3)22-7(14)9(17,18)8(15,16)6(12)13/h1-2,6-7H,(H,21,22). The summed E-state index contributed by atoms with van der Waals surface area (Å²) in [4.78, 5) is 12.0. The number of aromatic nitrogens is 1. The topological polar surface area (TPSA) is 68.1 Å². The van der Waals surface area contributed by atoms with Crippen LogP contribution in [0.5, 0.6) is 0 Å². The highest BCUT2D eigenvalue weighted by atomic mass is 35.5. The molecule has 25 heavy (non-hydrogen) atoms. The summed E-state index contributed by atoms with van der Waals surface area (Å²) < 4.78 is 115. The number of nitro groups is 1. The molecule has 0 aromatic carbocycles. The Labute approximate surface area is 136 Å². The number of alkyl halides is 10. The van der Waals surface area contributed by atoms with E-state index < -0.39 is 51.9 Å². The molecule has 1 atom stereocenters. The molecule has 0 aliphatic rings. The van der Waals surface area contributed by atoms with Crippen molar-refractivity contribution in [3.63, 3.8) is 0 Å². The normalized spacial score (nSPS) is 14.5. The molecule has 1 rings (SSSR count). The molecule has 1 N–H and O–H groups in total. The number of hydrogen-bond acceptors (Lipinski definition) is 4. The van der Waals surface area contributed by atoms with Gasteiger partial charge in [-0.15, -0.1) is 0 Å². The van der Waals surface area contributed by atoms with E-state index >= 15 is 0 Å². The van der Waals surface area contributed by atoms with Gasteiger partial charge in [-0.25, -0.2) is 18.2 Å². The molecule has 0 saturated heterocycles. The Bertz CT molecular complexity index is 653. The fourth-order valence-electron chi connectivity index (χ4n) is 1.38. The van der Waals surface area contributed by atoms with Gasteiger partial charge in [0.15, 0.2) is 0 Å². The lowest BCUT2D eigenvalue weighted by Gasteiger charge is -2.28. The number of hydrogen-bond donors (Lipinski definition) is 1. The van der Waals surface area contributed by atoms with E-state index in [1.807, 2.05) is 0 Å². The van der Waals surface area contributed by atoms with Crippen molar-refractivity contribution < 1.29 is 44.4 Å². The zero-order valence-corrected chi connectivity index (χ0v) is 12.1. The van der Waals surface area contributed by atoms with Crippen molar-refractivity contribution in [3.05, 3.63) is 27.9 Å². The zero-order chi connectivity index (χ0) is 19.8. The molecule has 15 heteroatoms. The molecule has 0 amide bonds. The Hall–Kier alpha value is -1.99. The molecule has 1 unspecified atom stereocenters. The molecule has 0 aliphatic carbocycles. The number of pyridine rings is 1. The SMILES string of the molecule is O=[N+]([O-])c1cc(C(F)(F)Cl)cnc1NC(F)C(F)(F)C(F)(F)C(F)F. The highest BCUT2D eigenvalue weighted by molar-refractivity contribution is 6.21. The van der Waals surface area contributed by atoms with E-state index in [1.54, 1.807) is 0 Å². The molecular formula is C10H5ClF9N3O2. The van der Waals surface area contributed by atoms with Crippen molar-refractivity contribution >= 4 is 23.1 Å². The van der Waals surface area contributed by atoms with Crippen LogP contribution in [0.2, 0.25) is 0 Å². The van der Waals surface area contributed by atoms with Crippen LogP contribution in [0.3, 0.4) is 0 Å². The average molecular weight is 406 g/mol.